The first-order valence-corrected chi connectivity index (χ1v) is 9.96. The van der Waals surface area contributed by atoms with Gasteiger partial charge in [0, 0.05) is 25.3 Å². The second kappa shape index (κ2) is 7.36. The van der Waals surface area contributed by atoms with E-state index in [0.717, 1.165) is 36.6 Å². The van der Waals surface area contributed by atoms with E-state index < -0.39 is 11.9 Å². The number of carbonyl (C=O) groups excluding carboxylic acids is 1. The molecule has 2 saturated heterocycles. The quantitative estimate of drug-likeness (QED) is 0.751. The van der Waals surface area contributed by atoms with Crippen LogP contribution in [0.2, 0.25) is 0 Å². The molecule has 0 aromatic carbocycles. The van der Waals surface area contributed by atoms with Crippen LogP contribution in [0.4, 0.5) is 13.2 Å². The summed E-state index contributed by atoms with van der Waals surface area (Å²) >= 11 is 0. The first-order chi connectivity index (χ1) is 14.1. The average molecular weight is 426 g/mol. The number of nitrogens with zero attached hydrogens (tertiary/aromatic N) is 6. The average Bonchev–Trinajstić information content (AvgIpc) is 3.34. The Balaban J connectivity index is 1.37. The van der Waals surface area contributed by atoms with Gasteiger partial charge in [0.2, 0.25) is 11.8 Å². The lowest BCUT2D eigenvalue weighted by atomic mass is 9.76. The minimum absolute atomic E-state index is 0.0703. The molecular weight excluding hydrogens is 401 g/mol. The van der Waals surface area contributed by atoms with Crippen molar-refractivity contribution in [1.82, 2.24) is 29.7 Å². The Kier molecular flexibility index (Phi) is 5.11. The number of hydrogen-bond acceptors (Lipinski definition) is 6. The maximum atomic E-state index is 12.8. The Morgan fingerprint density at radius 2 is 2.00 bits per heavy atom. The van der Waals surface area contributed by atoms with Gasteiger partial charge in [0.1, 0.15) is 6.54 Å². The molecule has 0 saturated carbocycles. The minimum atomic E-state index is -4.52. The maximum Gasteiger partial charge on any atom is 0.435 e. The van der Waals surface area contributed by atoms with Gasteiger partial charge in [0.15, 0.2) is 11.5 Å². The molecule has 2 aliphatic rings. The molecule has 4 heterocycles. The van der Waals surface area contributed by atoms with Crippen LogP contribution in [0.25, 0.3) is 0 Å². The molecule has 30 heavy (non-hydrogen) atoms. The van der Waals surface area contributed by atoms with Gasteiger partial charge in [-0.2, -0.15) is 23.3 Å². The third-order valence-electron chi connectivity index (χ3n) is 6.31. The van der Waals surface area contributed by atoms with Gasteiger partial charge < -0.3 is 9.42 Å². The molecule has 1 atom stereocenters. The Labute approximate surface area is 172 Å². The van der Waals surface area contributed by atoms with Gasteiger partial charge in [-0.25, -0.2) is 0 Å². The molecule has 2 aliphatic heterocycles. The summed E-state index contributed by atoms with van der Waals surface area (Å²) in [6.07, 6.45) is -1.96. The summed E-state index contributed by atoms with van der Waals surface area (Å²) in [6.45, 7) is 5.17. The van der Waals surface area contributed by atoms with E-state index in [9.17, 15) is 18.0 Å². The Morgan fingerprint density at radius 1 is 1.30 bits per heavy atom. The second-order valence-corrected chi connectivity index (χ2v) is 8.52. The molecule has 0 radical (unpaired) electrons. The number of aryl methyl sites for hydroxylation is 2. The van der Waals surface area contributed by atoms with E-state index in [1.807, 2.05) is 7.05 Å². The number of halogens is 3. The molecule has 0 N–H and O–H groups in total. The van der Waals surface area contributed by atoms with Gasteiger partial charge in [-0.15, -0.1) is 0 Å². The summed E-state index contributed by atoms with van der Waals surface area (Å²) in [6, 6.07) is 1.03. The number of aromatic nitrogens is 4. The van der Waals surface area contributed by atoms with Gasteiger partial charge in [-0.1, -0.05) is 5.16 Å². The molecule has 2 aromatic rings. The highest BCUT2D eigenvalue weighted by Crippen LogP contribution is 2.47. The van der Waals surface area contributed by atoms with E-state index >= 15 is 0 Å². The van der Waals surface area contributed by atoms with Crippen molar-refractivity contribution in [2.75, 3.05) is 26.7 Å². The van der Waals surface area contributed by atoms with Crippen LogP contribution in [-0.2, 0) is 17.5 Å². The predicted molar refractivity (Wildman–Crippen MR) is 99.2 cm³/mol. The number of amides is 1. The van der Waals surface area contributed by atoms with Crippen LogP contribution >= 0.6 is 0 Å². The summed E-state index contributed by atoms with van der Waals surface area (Å²) in [4.78, 5) is 21.0. The molecule has 2 fully saturated rings. The van der Waals surface area contributed by atoms with E-state index in [2.05, 4.69) is 20.1 Å². The van der Waals surface area contributed by atoms with Crippen molar-refractivity contribution < 1.29 is 22.5 Å². The number of alkyl halides is 3. The third-order valence-corrected chi connectivity index (χ3v) is 6.31. The molecule has 1 amide bonds. The van der Waals surface area contributed by atoms with Gasteiger partial charge in [-0.3, -0.25) is 14.4 Å². The Bertz CT molecular complexity index is 929. The fourth-order valence-electron chi connectivity index (χ4n) is 4.62. The SMILES string of the molecule is Cc1noc(C2CC3(CCN(C(=O)Cn4nc(C(F)(F)F)cc4C)CC3)CN2C)n1. The summed E-state index contributed by atoms with van der Waals surface area (Å²) < 4.78 is 45.0. The van der Waals surface area contributed by atoms with E-state index in [0.29, 0.717) is 30.5 Å². The zero-order valence-electron chi connectivity index (χ0n) is 17.2. The summed E-state index contributed by atoms with van der Waals surface area (Å²) in [5, 5.41) is 7.44. The molecule has 0 aliphatic carbocycles. The molecule has 4 rings (SSSR count). The second-order valence-electron chi connectivity index (χ2n) is 8.52. The molecule has 0 bridgehead atoms. The largest absolute Gasteiger partial charge is 0.435 e. The van der Waals surface area contributed by atoms with Crippen LogP contribution in [0.15, 0.2) is 10.6 Å². The third kappa shape index (κ3) is 3.94. The summed E-state index contributed by atoms with van der Waals surface area (Å²) in [5.41, 5.74) is -0.579. The summed E-state index contributed by atoms with van der Waals surface area (Å²) in [7, 11) is 2.04. The first-order valence-electron chi connectivity index (χ1n) is 9.96. The van der Waals surface area contributed by atoms with Crippen molar-refractivity contribution in [2.45, 2.75) is 51.9 Å². The van der Waals surface area contributed by atoms with Crippen molar-refractivity contribution >= 4 is 5.91 Å². The van der Waals surface area contributed by atoms with Gasteiger partial charge in [-0.05, 0) is 51.6 Å². The monoisotopic (exact) mass is 426 g/mol. The Morgan fingerprint density at radius 3 is 2.57 bits per heavy atom. The molecule has 2 aromatic heterocycles. The van der Waals surface area contributed by atoms with Crippen LogP contribution in [0.5, 0.6) is 0 Å². The molecule has 1 spiro atoms. The fourth-order valence-corrected chi connectivity index (χ4v) is 4.62. The number of piperidine rings is 1. The predicted octanol–water partition coefficient (Wildman–Crippen LogP) is 2.59. The zero-order chi connectivity index (χ0) is 21.7. The molecule has 8 nitrogen and oxygen atoms in total. The highest BCUT2D eigenvalue weighted by atomic mass is 19.4. The molecule has 11 heteroatoms. The van der Waals surface area contributed by atoms with Crippen LogP contribution < -0.4 is 0 Å². The lowest BCUT2D eigenvalue weighted by Gasteiger charge is -2.39. The van der Waals surface area contributed by atoms with Crippen molar-refractivity contribution in [2.24, 2.45) is 5.41 Å². The van der Waals surface area contributed by atoms with E-state index in [-0.39, 0.29) is 23.9 Å². The highest BCUT2D eigenvalue weighted by molar-refractivity contribution is 5.76. The van der Waals surface area contributed by atoms with Crippen LogP contribution in [0.3, 0.4) is 0 Å². The number of likely N-dealkylation sites (tertiary alicyclic amines) is 2. The van der Waals surface area contributed by atoms with Crippen LogP contribution in [0.1, 0.15) is 48.4 Å². The van der Waals surface area contributed by atoms with Crippen molar-refractivity contribution in [3.63, 3.8) is 0 Å². The standard InChI is InChI=1S/C19H25F3N6O2/c1-12-8-15(19(20,21)22)24-28(12)10-16(29)27-6-4-18(5-7-27)9-14(26(3)11-18)17-23-13(2)25-30-17/h8,14H,4-7,9-11H2,1-3H3. The van der Waals surface area contributed by atoms with Crippen molar-refractivity contribution in [1.29, 1.82) is 0 Å². The number of rotatable bonds is 3. The number of hydrogen-bond donors (Lipinski definition) is 0. The lowest BCUT2D eigenvalue weighted by molar-refractivity contribution is -0.142. The van der Waals surface area contributed by atoms with Crippen molar-refractivity contribution in [3.05, 3.63) is 29.2 Å². The van der Waals surface area contributed by atoms with Gasteiger partial charge in [0.25, 0.3) is 0 Å². The smallest absolute Gasteiger partial charge is 0.341 e. The molecule has 164 valence electrons. The van der Waals surface area contributed by atoms with Gasteiger partial charge in [0.05, 0.1) is 6.04 Å². The summed E-state index contributed by atoms with van der Waals surface area (Å²) in [5.74, 6) is 1.03. The van der Waals surface area contributed by atoms with Gasteiger partial charge >= 0.3 is 6.18 Å². The van der Waals surface area contributed by atoms with E-state index in [1.54, 1.807) is 11.8 Å². The Hall–Kier alpha value is -2.43. The normalized spacial score (nSPS) is 22.2. The van der Waals surface area contributed by atoms with E-state index in [1.165, 1.54) is 6.92 Å². The fraction of sp³-hybridized carbons (Fsp3) is 0.684. The minimum Gasteiger partial charge on any atom is -0.341 e. The van der Waals surface area contributed by atoms with E-state index in [4.69, 9.17) is 4.52 Å². The number of carbonyl (C=O) groups is 1. The molecule has 1 unspecified atom stereocenters. The topological polar surface area (TPSA) is 80.3 Å². The molecular formula is C19H25F3N6O2. The van der Waals surface area contributed by atoms with Crippen molar-refractivity contribution in [3.8, 4) is 0 Å². The lowest BCUT2D eigenvalue weighted by Crippen LogP contribution is -2.45. The van der Waals surface area contributed by atoms with Crippen LogP contribution in [-0.4, -0.2) is 62.3 Å². The van der Waals surface area contributed by atoms with Crippen LogP contribution in [0, 0.1) is 19.3 Å². The zero-order valence-corrected chi connectivity index (χ0v) is 17.2. The maximum absolute atomic E-state index is 12.8. The highest BCUT2D eigenvalue weighted by Gasteiger charge is 2.47. The first kappa shape index (κ1) is 20.8.